The molecule has 1 aromatic carbocycles. The summed E-state index contributed by atoms with van der Waals surface area (Å²) in [6, 6.07) is 8.36. The molecule has 52 heavy (non-hydrogen) atoms. The minimum Gasteiger partial charge on any atom is -0.444 e. The van der Waals surface area contributed by atoms with Crippen LogP contribution in [-0.2, 0) is 47.0 Å². The summed E-state index contributed by atoms with van der Waals surface area (Å²) in [5.74, 6) is -2.63. The van der Waals surface area contributed by atoms with E-state index in [-0.39, 0.29) is 30.0 Å². The molecule has 5 amide bonds. The second-order valence-corrected chi connectivity index (χ2v) is 17.6. The Morgan fingerprint density at radius 2 is 1.75 bits per heavy atom. The van der Waals surface area contributed by atoms with Gasteiger partial charge in [-0.1, -0.05) is 55.3 Å². The molecule has 1 aromatic heterocycles. The zero-order chi connectivity index (χ0) is 37.3. The molecule has 0 bridgehead atoms. The number of carbonyl (C=O) groups excluding carboxylic acids is 5. The number of hydrogen-bond donors (Lipinski definition) is 3. The maximum atomic E-state index is 14.3. The fourth-order valence-electron chi connectivity index (χ4n) is 6.97. The van der Waals surface area contributed by atoms with Crippen molar-refractivity contribution in [2.75, 3.05) is 6.54 Å². The molecule has 2 fully saturated rings. The van der Waals surface area contributed by atoms with Crippen molar-refractivity contribution in [2.45, 2.75) is 112 Å². The maximum Gasteiger partial charge on any atom is 0.410 e. The Bertz CT molecular complexity index is 1820. The molecule has 1 saturated heterocycles. The molecule has 3 aliphatic heterocycles. The van der Waals surface area contributed by atoms with Gasteiger partial charge in [0.05, 0.1) is 6.54 Å². The molecule has 14 nitrogen and oxygen atoms in total. The summed E-state index contributed by atoms with van der Waals surface area (Å²) in [6.07, 6.45) is 4.58. The fourth-order valence-corrected chi connectivity index (χ4v) is 9.01. The number of rotatable bonds is 5. The van der Waals surface area contributed by atoms with Crippen molar-refractivity contribution < 1.29 is 41.9 Å². The second kappa shape index (κ2) is 14.9. The van der Waals surface area contributed by atoms with E-state index in [2.05, 4.69) is 15.4 Å². The van der Waals surface area contributed by atoms with Crippen molar-refractivity contribution in [3.8, 4) is 0 Å². The summed E-state index contributed by atoms with van der Waals surface area (Å²) in [7, 11) is -4.20. The molecule has 0 unspecified atom stereocenters. The molecule has 6 rings (SSSR count). The van der Waals surface area contributed by atoms with E-state index < -0.39 is 75.2 Å². The monoisotopic (exact) mass is 755 g/mol. The summed E-state index contributed by atoms with van der Waals surface area (Å²) in [4.78, 5) is 71.4. The van der Waals surface area contributed by atoms with Gasteiger partial charge in [0, 0.05) is 25.4 Å². The van der Waals surface area contributed by atoms with Crippen molar-refractivity contribution in [1.29, 1.82) is 0 Å². The van der Waals surface area contributed by atoms with Crippen LogP contribution in [-0.4, -0.2) is 84.0 Å². The number of ether oxygens (including phenoxy) is 2. The highest BCUT2D eigenvalue weighted by Gasteiger charge is 2.62. The van der Waals surface area contributed by atoms with Crippen molar-refractivity contribution in [3.05, 3.63) is 65.1 Å². The molecule has 1 aliphatic carbocycles. The van der Waals surface area contributed by atoms with E-state index in [1.54, 1.807) is 37.1 Å². The number of nitrogens with zero attached hydrogens (tertiary/aromatic N) is 2. The average Bonchev–Trinajstić information content (AvgIpc) is 3.53. The van der Waals surface area contributed by atoms with Crippen LogP contribution in [0.1, 0.15) is 76.8 Å². The van der Waals surface area contributed by atoms with Crippen LogP contribution in [0.25, 0.3) is 0 Å². The molecular formula is C36H45N5O9S2. The average molecular weight is 756 g/mol. The zero-order valence-electron chi connectivity index (χ0n) is 29.5. The molecular weight excluding hydrogens is 711 g/mol. The molecule has 16 heteroatoms. The Kier molecular flexibility index (Phi) is 10.7. The summed E-state index contributed by atoms with van der Waals surface area (Å²) in [6.45, 7) is 5.71. The lowest BCUT2D eigenvalue weighted by molar-refractivity contribution is -0.141. The van der Waals surface area contributed by atoms with Crippen LogP contribution in [0.15, 0.2) is 58.1 Å². The quantitative estimate of drug-likeness (QED) is 0.381. The molecule has 1 saturated carbocycles. The highest BCUT2D eigenvalue weighted by Crippen LogP contribution is 2.46. The van der Waals surface area contributed by atoms with E-state index in [1.807, 2.05) is 36.4 Å². The molecule has 4 aliphatic rings. The van der Waals surface area contributed by atoms with Crippen molar-refractivity contribution in [1.82, 2.24) is 25.2 Å². The van der Waals surface area contributed by atoms with Gasteiger partial charge in [-0.2, -0.15) is 0 Å². The standard InChI is InChI=1S/C36H45N5O9S2/c1-35(2,3)50-33(45)37-27-15-8-6-4-5-7-14-25-19-36(25,32(44)39-52(47,48)29-16-11-17-51-29)38-30(42)28-18-26(22-41(28)31(27)43)49-34(46)40-20-23-12-9-10-13-24(23)21-40/h7,9-14,16-17,25-28H,4-6,8,15,18-22H2,1-3H3,(H,37,45)(H,38,42)(H,39,44)/b14-7+/t25-,26-,27+,28+,36-/m1/s1. The normalized spacial score (nSPS) is 27.1. The first-order chi connectivity index (χ1) is 24.6. The molecule has 5 atom stereocenters. The van der Waals surface area contributed by atoms with Crippen LogP contribution >= 0.6 is 11.3 Å². The Hall–Kier alpha value is -4.44. The van der Waals surface area contributed by atoms with Gasteiger partial charge in [0.2, 0.25) is 11.8 Å². The first-order valence-electron chi connectivity index (χ1n) is 17.6. The SMILES string of the molecule is CC(C)(C)OC(=O)N[C@H]1CCCCC/C=C/[C@@H]2C[C@@]2(C(=O)NS(=O)(=O)c2cccs2)NC(=O)[C@@H]2C[C@@H](OC(=O)N3Cc4ccccc4C3)CN2C1=O. The van der Waals surface area contributed by atoms with Crippen LogP contribution in [0.3, 0.4) is 0 Å². The minimum atomic E-state index is -4.20. The highest BCUT2D eigenvalue weighted by atomic mass is 32.2. The van der Waals surface area contributed by atoms with Gasteiger partial charge in [-0.3, -0.25) is 19.3 Å². The Balaban J connectivity index is 1.26. The van der Waals surface area contributed by atoms with E-state index in [9.17, 15) is 32.4 Å². The Morgan fingerprint density at radius 1 is 1.02 bits per heavy atom. The zero-order valence-corrected chi connectivity index (χ0v) is 31.1. The van der Waals surface area contributed by atoms with Crippen molar-refractivity contribution in [3.63, 3.8) is 0 Å². The van der Waals surface area contributed by atoms with E-state index in [4.69, 9.17) is 9.47 Å². The molecule has 3 N–H and O–H groups in total. The predicted molar refractivity (Wildman–Crippen MR) is 190 cm³/mol. The first-order valence-corrected chi connectivity index (χ1v) is 19.9. The van der Waals surface area contributed by atoms with E-state index in [1.165, 1.54) is 11.0 Å². The molecule has 2 aromatic rings. The van der Waals surface area contributed by atoms with Gasteiger partial charge in [-0.05, 0) is 69.0 Å². The fraction of sp³-hybridized carbons (Fsp3) is 0.528. The lowest BCUT2D eigenvalue weighted by Gasteiger charge is -2.30. The number of thiophene rings is 1. The first kappa shape index (κ1) is 37.3. The lowest BCUT2D eigenvalue weighted by atomic mass is 10.0. The summed E-state index contributed by atoms with van der Waals surface area (Å²) >= 11 is 0.955. The number of hydrogen-bond acceptors (Lipinski definition) is 10. The second-order valence-electron chi connectivity index (χ2n) is 14.8. The van der Waals surface area contributed by atoms with Crippen LogP contribution < -0.4 is 15.4 Å². The predicted octanol–water partition coefficient (Wildman–Crippen LogP) is 3.96. The van der Waals surface area contributed by atoms with E-state index in [0.29, 0.717) is 25.9 Å². The number of sulfonamides is 1. The van der Waals surface area contributed by atoms with Crippen LogP contribution in [0, 0.1) is 5.92 Å². The van der Waals surface area contributed by atoms with Crippen LogP contribution in [0.4, 0.5) is 9.59 Å². The molecule has 0 radical (unpaired) electrons. The van der Waals surface area contributed by atoms with Crippen LogP contribution in [0.5, 0.6) is 0 Å². The largest absolute Gasteiger partial charge is 0.444 e. The third-order valence-corrected chi connectivity index (χ3v) is 12.4. The highest BCUT2D eigenvalue weighted by molar-refractivity contribution is 7.92. The number of carbonyl (C=O) groups is 5. The lowest BCUT2D eigenvalue weighted by Crippen LogP contribution is -2.58. The molecule has 0 spiro atoms. The van der Waals surface area contributed by atoms with Crippen molar-refractivity contribution in [2.24, 2.45) is 5.92 Å². The van der Waals surface area contributed by atoms with Crippen molar-refractivity contribution >= 4 is 51.3 Å². The minimum absolute atomic E-state index is 0.0460. The van der Waals surface area contributed by atoms with E-state index >= 15 is 0 Å². The van der Waals surface area contributed by atoms with Gasteiger partial charge in [-0.15, -0.1) is 11.3 Å². The third-order valence-electron chi connectivity index (χ3n) is 9.69. The number of amides is 5. The van der Waals surface area contributed by atoms with Gasteiger partial charge in [0.1, 0.15) is 33.5 Å². The number of benzene rings is 1. The third kappa shape index (κ3) is 8.44. The van der Waals surface area contributed by atoms with Gasteiger partial charge < -0.3 is 25.0 Å². The molecule has 280 valence electrons. The van der Waals surface area contributed by atoms with Gasteiger partial charge in [-0.25, -0.2) is 22.7 Å². The van der Waals surface area contributed by atoms with Crippen LogP contribution in [0.2, 0.25) is 0 Å². The number of allylic oxidation sites excluding steroid dienone is 1. The summed E-state index contributed by atoms with van der Waals surface area (Å²) < 4.78 is 39.5. The van der Waals surface area contributed by atoms with E-state index in [0.717, 1.165) is 35.3 Å². The maximum absolute atomic E-state index is 14.3. The number of nitrogens with one attached hydrogen (secondary N) is 3. The topological polar surface area (TPSA) is 181 Å². The number of alkyl carbamates (subject to hydrolysis) is 1. The van der Waals surface area contributed by atoms with Gasteiger partial charge in [0.25, 0.3) is 15.9 Å². The van der Waals surface area contributed by atoms with Gasteiger partial charge >= 0.3 is 12.2 Å². The Labute approximate surface area is 307 Å². The smallest absolute Gasteiger partial charge is 0.410 e. The Morgan fingerprint density at radius 3 is 2.42 bits per heavy atom. The summed E-state index contributed by atoms with van der Waals surface area (Å²) in [5, 5.41) is 7.08. The summed E-state index contributed by atoms with van der Waals surface area (Å²) in [5.41, 5.74) is -0.406. The van der Waals surface area contributed by atoms with Gasteiger partial charge in [0.15, 0.2) is 0 Å². The number of fused-ring (bicyclic) bond motifs is 3. The molecule has 4 heterocycles.